The highest BCUT2D eigenvalue weighted by Crippen LogP contribution is 2.27. The van der Waals surface area contributed by atoms with Gasteiger partial charge in [-0.25, -0.2) is 0 Å². The third-order valence-corrected chi connectivity index (χ3v) is 2.94. The van der Waals surface area contributed by atoms with Crippen molar-refractivity contribution in [3.63, 3.8) is 0 Å². The zero-order chi connectivity index (χ0) is 11.0. The number of fused-ring (bicyclic) bond motifs is 1. The van der Waals surface area contributed by atoms with Crippen LogP contribution < -0.4 is 10.6 Å². The second-order valence-corrected chi connectivity index (χ2v) is 4.10. The molecule has 1 aliphatic rings. The molecule has 0 aromatic heterocycles. The Morgan fingerprint density at radius 2 is 2.20 bits per heavy atom. The lowest BCUT2D eigenvalue weighted by molar-refractivity contribution is -0.118. The molecule has 78 valence electrons. The second-order valence-electron chi connectivity index (χ2n) is 3.66. The number of thiocarbonyl (C=S) groups is 1. The molecule has 0 unspecified atom stereocenters. The quantitative estimate of drug-likeness (QED) is 0.724. The predicted molar refractivity (Wildman–Crippen MR) is 64.1 cm³/mol. The Labute approximate surface area is 93.9 Å². The van der Waals surface area contributed by atoms with E-state index in [0.29, 0.717) is 11.4 Å². The number of benzene rings is 1. The maximum absolute atomic E-state index is 11.5. The van der Waals surface area contributed by atoms with Crippen molar-refractivity contribution < 1.29 is 4.79 Å². The Hall–Kier alpha value is -1.42. The van der Waals surface area contributed by atoms with Gasteiger partial charge in [0.25, 0.3) is 0 Å². The normalized spacial score (nSPS) is 15.0. The highest BCUT2D eigenvalue weighted by Gasteiger charge is 2.20. The van der Waals surface area contributed by atoms with Gasteiger partial charge < -0.3 is 10.6 Å². The van der Waals surface area contributed by atoms with Crippen LogP contribution in [0.5, 0.6) is 0 Å². The van der Waals surface area contributed by atoms with Gasteiger partial charge in [-0.2, -0.15) is 0 Å². The molecule has 2 N–H and O–H groups in total. The molecule has 1 aromatic carbocycles. The number of carbonyl (C=O) groups is 1. The van der Waals surface area contributed by atoms with Crippen LogP contribution in [0.25, 0.3) is 0 Å². The minimum atomic E-state index is 0.158. The average Bonchev–Trinajstić information content (AvgIpc) is 2.23. The summed E-state index contributed by atoms with van der Waals surface area (Å²) in [6.07, 6.45) is 1.33. The van der Waals surface area contributed by atoms with Gasteiger partial charge in [0, 0.05) is 24.7 Å². The van der Waals surface area contributed by atoms with Crippen molar-refractivity contribution in [2.45, 2.75) is 12.8 Å². The summed E-state index contributed by atoms with van der Waals surface area (Å²) in [5, 5.41) is 0. The van der Waals surface area contributed by atoms with Gasteiger partial charge in [-0.1, -0.05) is 12.2 Å². The molecule has 4 heteroatoms. The first kappa shape index (κ1) is 10.1. The summed E-state index contributed by atoms with van der Waals surface area (Å²) >= 11 is 4.92. The SMILES string of the molecule is CN1C(=O)CCc2cc(C(N)=S)ccc21. The fraction of sp³-hybridized carbons (Fsp3) is 0.273. The molecule has 0 aliphatic carbocycles. The Morgan fingerprint density at radius 3 is 2.87 bits per heavy atom. The maximum Gasteiger partial charge on any atom is 0.227 e. The number of aryl methyl sites for hydroxylation is 1. The Bertz CT molecular complexity index is 442. The number of anilines is 1. The number of nitrogens with zero attached hydrogens (tertiary/aromatic N) is 1. The minimum absolute atomic E-state index is 0.158. The molecule has 0 spiro atoms. The maximum atomic E-state index is 11.5. The summed E-state index contributed by atoms with van der Waals surface area (Å²) in [5.74, 6) is 0.158. The minimum Gasteiger partial charge on any atom is -0.389 e. The van der Waals surface area contributed by atoms with E-state index in [1.165, 1.54) is 0 Å². The van der Waals surface area contributed by atoms with E-state index in [0.717, 1.165) is 23.2 Å². The van der Waals surface area contributed by atoms with E-state index in [-0.39, 0.29) is 5.91 Å². The van der Waals surface area contributed by atoms with Crippen LogP contribution in [0.3, 0.4) is 0 Å². The van der Waals surface area contributed by atoms with E-state index in [1.54, 1.807) is 11.9 Å². The van der Waals surface area contributed by atoms with E-state index in [4.69, 9.17) is 18.0 Å². The van der Waals surface area contributed by atoms with Crippen LogP contribution in [0, 0.1) is 0 Å². The molecule has 1 amide bonds. The number of hydrogen-bond donors (Lipinski definition) is 1. The van der Waals surface area contributed by atoms with Crippen LogP contribution >= 0.6 is 12.2 Å². The van der Waals surface area contributed by atoms with E-state index in [9.17, 15) is 4.79 Å². The summed E-state index contributed by atoms with van der Waals surface area (Å²) in [7, 11) is 1.79. The molecule has 0 radical (unpaired) electrons. The molecule has 0 saturated heterocycles. The lowest BCUT2D eigenvalue weighted by atomic mass is 9.99. The Kier molecular flexibility index (Phi) is 2.44. The van der Waals surface area contributed by atoms with Crippen molar-refractivity contribution in [1.29, 1.82) is 0 Å². The number of rotatable bonds is 1. The van der Waals surface area contributed by atoms with Gasteiger partial charge >= 0.3 is 0 Å². The molecule has 0 bridgehead atoms. The molecule has 3 nitrogen and oxygen atoms in total. The largest absolute Gasteiger partial charge is 0.389 e. The molecule has 0 atom stereocenters. The zero-order valence-corrected chi connectivity index (χ0v) is 9.30. The van der Waals surface area contributed by atoms with Gasteiger partial charge in [0.2, 0.25) is 5.91 Å². The topological polar surface area (TPSA) is 46.3 Å². The number of carbonyl (C=O) groups excluding carboxylic acids is 1. The molecule has 2 rings (SSSR count). The lowest BCUT2D eigenvalue weighted by Crippen LogP contribution is -2.31. The van der Waals surface area contributed by atoms with Crippen LogP contribution in [0.15, 0.2) is 18.2 Å². The number of hydrogen-bond acceptors (Lipinski definition) is 2. The molecule has 15 heavy (non-hydrogen) atoms. The fourth-order valence-electron chi connectivity index (χ4n) is 1.81. The zero-order valence-electron chi connectivity index (χ0n) is 8.49. The van der Waals surface area contributed by atoms with E-state index >= 15 is 0 Å². The van der Waals surface area contributed by atoms with E-state index in [2.05, 4.69) is 0 Å². The molecule has 1 aliphatic heterocycles. The van der Waals surface area contributed by atoms with Crippen molar-refractivity contribution >= 4 is 28.8 Å². The third-order valence-electron chi connectivity index (χ3n) is 2.71. The predicted octanol–water partition coefficient (Wildman–Crippen LogP) is 1.23. The Morgan fingerprint density at radius 1 is 1.47 bits per heavy atom. The van der Waals surface area contributed by atoms with Gasteiger partial charge in [-0.05, 0) is 30.2 Å². The number of nitrogens with two attached hydrogens (primary N) is 1. The molecule has 0 saturated carbocycles. The van der Waals surface area contributed by atoms with Gasteiger partial charge in [0.05, 0.1) is 0 Å². The molecule has 0 fully saturated rings. The molecular formula is C11H12N2OS. The van der Waals surface area contributed by atoms with Crippen molar-refractivity contribution in [1.82, 2.24) is 0 Å². The van der Waals surface area contributed by atoms with Crippen LogP contribution in [-0.4, -0.2) is 17.9 Å². The molecular weight excluding hydrogens is 208 g/mol. The summed E-state index contributed by atoms with van der Waals surface area (Å²) in [4.78, 5) is 13.5. The second kappa shape index (κ2) is 3.62. The highest BCUT2D eigenvalue weighted by molar-refractivity contribution is 7.80. The summed E-state index contributed by atoms with van der Waals surface area (Å²) < 4.78 is 0. The fourth-order valence-corrected chi connectivity index (χ4v) is 1.94. The molecule has 1 aromatic rings. The monoisotopic (exact) mass is 220 g/mol. The number of amides is 1. The lowest BCUT2D eigenvalue weighted by Gasteiger charge is -2.26. The van der Waals surface area contributed by atoms with Crippen LogP contribution in [0.1, 0.15) is 17.5 Å². The van der Waals surface area contributed by atoms with Crippen molar-refractivity contribution in [2.24, 2.45) is 5.73 Å². The highest BCUT2D eigenvalue weighted by atomic mass is 32.1. The first-order valence-corrected chi connectivity index (χ1v) is 5.19. The first-order valence-electron chi connectivity index (χ1n) is 4.79. The molecule has 1 heterocycles. The van der Waals surface area contributed by atoms with Gasteiger partial charge in [0.15, 0.2) is 0 Å². The van der Waals surface area contributed by atoms with Crippen LogP contribution in [-0.2, 0) is 11.2 Å². The summed E-state index contributed by atoms with van der Waals surface area (Å²) in [6.45, 7) is 0. The average molecular weight is 220 g/mol. The summed E-state index contributed by atoms with van der Waals surface area (Å²) in [6, 6.07) is 5.73. The van der Waals surface area contributed by atoms with Crippen LogP contribution in [0.4, 0.5) is 5.69 Å². The van der Waals surface area contributed by atoms with Crippen molar-refractivity contribution in [2.75, 3.05) is 11.9 Å². The van der Waals surface area contributed by atoms with Crippen molar-refractivity contribution in [3.05, 3.63) is 29.3 Å². The van der Waals surface area contributed by atoms with Gasteiger partial charge in [-0.15, -0.1) is 0 Å². The van der Waals surface area contributed by atoms with Crippen LogP contribution in [0.2, 0.25) is 0 Å². The van der Waals surface area contributed by atoms with E-state index in [1.807, 2.05) is 18.2 Å². The standard InChI is InChI=1S/C11H12N2OS/c1-13-9-4-2-8(11(12)15)6-7(9)3-5-10(13)14/h2,4,6H,3,5H2,1H3,(H2,12,15). The summed E-state index contributed by atoms with van der Waals surface area (Å²) in [5.41, 5.74) is 8.53. The van der Waals surface area contributed by atoms with E-state index < -0.39 is 0 Å². The van der Waals surface area contributed by atoms with Gasteiger partial charge in [0.1, 0.15) is 4.99 Å². The Balaban J connectivity index is 2.47. The van der Waals surface area contributed by atoms with Crippen molar-refractivity contribution in [3.8, 4) is 0 Å². The smallest absolute Gasteiger partial charge is 0.227 e. The van der Waals surface area contributed by atoms with Gasteiger partial charge in [-0.3, -0.25) is 4.79 Å². The first-order chi connectivity index (χ1) is 7.09. The third kappa shape index (κ3) is 1.72.